The Kier molecular flexibility index (Phi) is 5.58. The van der Waals surface area contributed by atoms with E-state index in [1.54, 1.807) is 12.1 Å². The molecule has 0 amide bonds. The highest BCUT2D eigenvalue weighted by Gasteiger charge is 2.05. The third-order valence-electron chi connectivity index (χ3n) is 2.68. The summed E-state index contributed by atoms with van der Waals surface area (Å²) in [7, 11) is -3.38. The van der Waals surface area contributed by atoms with Crippen molar-refractivity contribution in [2.75, 3.05) is 12.3 Å². The maximum Gasteiger partial charge on any atom is 0.210 e. The van der Waals surface area contributed by atoms with Gasteiger partial charge in [0.05, 0.1) is 5.75 Å². The topological polar surface area (TPSA) is 92.4 Å². The number of phenolic OH excluding ortho intramolecular Hbond substituents is 1. The average Bonchev–Trinajstić information content (AvgIpc) is 2.26. The molecule has 1 rings (SSSR count). The van der Waals surface area contributed by atoms with Crippen LogP contribution in [0.5, 0.6) is 5.75 Å². The van der Waals surface area contributed by atoms with Crippen LogP contribution >= 0.6 is 0 Å². The summed E-state index contributed by atoms with van der Waals surface area (Å²) in [5.74, 6) is 0.217. The molecule has 1 atom stereocenters. The van der Waals surface area contributed by atoms with Crippen LogP contribution < -0.4 is 10.5 Å². The van der Waals surface area contributed by atoms with Crippen molar-refractivity contribution in [2.24, 2.45) is 5.14 Å². The van der Waals surface area contributed by atoms with E-state index >= 15 is 0 Å². The molecule has 102 valence electrons. The zero-order valence-electron chi connectivity index (χ0n) is 10.5. The van der Waals surface area contributed by atoms with Crippen LogP contribution in [0, 0.1) is 0 Å². The number of nitrogens with one attached hydrogen (secondary N) is 1. The highest BCUT2D eigenvalue weighted by Crippen LogP contribution is 2.11. The second-order valence-corrected chi connectivity index (χ2v) is 6.16. The first-order valence-corrected chi connectivity index (χ1v) is 7.60. The number of phenols is 1. The quantitative estimate of drug-likeness (QED) is 0.677. The first-order chi connectivity index (χ1) is 8.37. The summed E-state index contributed by atoms with van der Waals surface area (Å²) in [4.78, 5) is 0. The molecular weight excluding hydrogens is 252 g/mol. The average molecular weight is 272 g/mol. The Morgan fingerprint density at radius 2 is 1.94 bits per heavy atom. The number of aryl methyl sites for hydroxylation is 1. The molecule has 0 aliphatic carbocycles. The molecule has 5 nitrogen and oxygen atoms in total. The molecule has 0 aliphatic rings. The summed E-state index contributed by atoms with van der Waals surface area (Å²) in [6.45, 7) is 2.37. The van der Waals surface area contributed by atoms with E-state index in [4.69, 9.17) is 10.2 Å². The molecule has 18 heavy (non-hydrogen) atoms. The van der Waals surface area contributed by atoms with Gasteiger partial charge in [-0.15, -0.1) is 0 Å². The summed E-state index contributed by atoms with van der Waals surface area (Å²) in [5, 5.41) is 17.2. The van der Waals surface area contributed by atoms with E-state index in [1.165, 1.54) is 0 Å². The predicted octanol–water partition coefficient (Wildman–Crippen LogP) is 0.591. The molecule has 1 aromatic carbocycles. The number of hydrogen-bond donors (Lipinski definition) is 3. The molecule has 4 N–H and O–H groups in total. The lowest BCUT2D eigenvalue weighted by atomic mass is 10.1. The van der Waals surface area contributed by atoms with Crippen molar-refractivity contribution in [1.29, 1.82) is 0 Å². The van der Waals surface area contributed by atoms with Crippen LogP contribution in [0.25, 0.3) is 0 Å². The molecular formula is C12H20N2O3S. The fourth-order valence-corrected chi connectivity index (χ4v) is 2.00. The molecule has 0 fully saturated rings. The first-order valence-electron chi connectivity index (χ1n) is 5.88. The standard InChI is InChI=1S/C12H20N2O3S/c1-10(14-8-9-18(13,16)17)2-3-11-4-6-12(15)7-5-11/h4-7,10,14-15H,2-3,8-9H2,1H3,(H2,13,16,17). The highest BCUT2D eigenvalue weighted by atomic mass is 32.2. The number of benzene rings is 1. The van der Waals surface area contributed by atoms with Gasteiger partial charge in [0.1, 0.15) is 5.75 Å². The maximum atomic E-state index is 10.7. The summed E-state index contributed by atoms with van der Waals surface area (Å²) in [6.07, 6.45) is 1.78. The van der Waals surface area contributed by atoms with Gasteiger partial charge in [0.2, 0.25) is 10.0 Å². The van der Waals surface area contributed by atoms with Crippen LogP contribution in [0.4, 0.5) is 0 Å². The fraction of sp³-hybridized carbons (Fsp3) is 0.500. The second kappa shape index (κ2) is 6.72. The zero-order valence-corrected chi connectivity index (χ0v) is 11.3. The van der Waals surface area contributed by atoms with Crippen molar-refractivity contribution in [2.45, 2.75) is 25.8 Å². The summed E-state index contributed by atoms with van der Waals surface area (Å²) >= 11 is 0. The van der Waals surface area contributed by atoms with Crippen molar-refractivity contribution in [3.8, 4) is 5.75 Å². The van der Waals surface area contributed by atoms with Gasteiger partial charge in [-0.25, -0.2) is 13.6 Å². The van der Waals surface area contributed by atoms with Gasteiger partial charge in [0.15, 0.2) is 0 Å². The van der Waals surface area contributed by atoms with Gasteiger partial charge >= 0.3 is 0 Å². The molecule has 0 saturated heterocycles. The molecule has 1 aromatic rings. The van der Waals surface area contributed by atoms with Gasteiger partial charge < -0.3 is 10.4 Å². The van der Waals surface area contributed by atoms with Gasteiger partial charge in [0, 0.05) is 12.6 Å². The molecule has 0 saturated carbocycles. The number of primary sulfonamides is 1. The van der Waals surface area contributed by atoms with E-state index < -0.39 is 10.0 Å². The van der Waals surface area contributed by atoms with Gasteiger partial charge in [-0.3, -0.25) is 0 Å². The lowest BCUT2D eigenvalue weighted by Crippen LogP contribution is -2.33. The second-order valence-electron chi connectivity index (χ2n) is 4.43. The van der Waals surface area contributed by atoms with Gasteiger partial charge in [-0.1, -0.05) is 12.1 Å². The van der Waals surface area contributed by atoms with Crippen LogP contribution in [0.3, 0.4) is 0 Å². The molecule has 6 heteroatoms. The van der Waals surface area contributed by atoms with Crippen LogP contribution in [-0.4, -0.2) is 31.9 Å². The van der Waals surface area contributed by atoms with Crippen LogP contribution in [0.2, 0.25) is 0 Å². The molecule has 0 spiro atoms. The predicted molar refractivity (Wildman–Crippen MR) is 71.9 cm³/mol. The normalized spacial score (nSPS) is 13.4. The Morgan fingerprint density at radius 3 is 2.50 bits per heavy atom. The zero-order chi connectivity index (χ0) is 13.6. The minimum absolute atomic E-state index is 0.0451. The van der Waals surface area contributed by atoms with Crippen molar-refractivity contribution >= 4 is 10.0 Å². The SMILES string of the molecule is CC(CCc1ccc(O)cc1)NCCS(N)(=O)=O. The monoisotopic (exact) mass is 272 g/mol. The van der Waals surface area contributed by atoms with E-state index in [-0.39, 0.29) is 17.5 Å². The molecule has 0 bridgehead atoms. The van der Waals surface area contributed by atoms with E-state index in [9.17, 15) is 8.42 Å². The van der Waals surface area contributed by atoms with E-state index in [1.807, 2.05) is 19.1 Å². The van der Waals surface area contributed by atoms with Crippen LogP contribution in [0.15, 0.2) is 24.3 Å². The van der Waals surface area contributed by atoms with Crippen LogP contribution in [0.1, 0.15) is 18.9 Å². The van der Waals surface area contributed by atoms with Gasteiger partial charge in [-0.05, 0) is 37.5 Å². The number of nitrogens with two attached hydrogens (primary N) is 1. The number of aromatic hydroxyl groups is 1. The van der Waals surface area contributed by atoms with Gasteiger partial charge in [0.25, 0.3) is 0 Å². The van der Waals surface area contributed by atoms with E-state index in [2.05, 4.69) is 5.32 Å². The third-order valence-corrected chi connectivity index (χ3v) is 3.45. The maximum absolute atomic E-state index is 10.7. The number of rotatable bonds is 7. The van der Waals surface area contributed by atoms with Crippen molar-refractivity contribution in [1.82, 2.24) is 5.32 Å². The molecule has 0 aliphatic heterocycles. The Hall–Kier alpha value is -1.11. The molecule has 0 heterocycles. The Labute approximate surface area is 108 Å². The van der Waals surface area contributed by atoms with Crippen molar-refractivity contribution in [3.05, 3.63) is 29.8 Å². The van der Waals surface area contributed by atoms with Crippen molar-refractivity contribution in [3.63, 3.8) is 0 Å². The lowest BCUT2D eigenvalue weighted by Gasteiger charge is -2.13. The lowest BCUT2D eigenvalue weighted by molar-refractivity contribution is 0.475. The summed E-state index contributed by atoms with van der Waals surface area (Å²) in [5.41, 5.74) is 1.15. The fourth-order valence-electron chi connectivity index (χ4n) is 1.60. The van der Waals surface area contributed by atoms with Crippen molar-refractivity contribution < 1.29 is 13.5 Å². The number of hydrogen-bond acceptors (Lipinski definition) is 4. The summed E-state index contributed by atoms with van der Waals surface area (Å²) < 4.78 is 21.5. The molecule has 0 aromatic heterocycles. The van der Waals surface area contributed by atoms with Gasteiger partial charge in [-0.2, -0.15) is 0 Å². The van der Waals surface area contributed by atoms with E-state index in [0.717, 1.165) is 18.4 Å². The number of sulfonamides is 1. The minimum Gasteiger partial charge on any atom is -0.508 e. The first kappa shape index (κ1) is 14.9. The third kappa shape index (κ3) is 6.58. The molecule has 0 radical (unpaired) electrons. The Bertz CT molecular complexity index is 457. The Morgan fingerprint density at radius 1 is 1.33 bits per heavy atom. The highest BCUT2D eigenvalue weighted by molar-refractivity contribution is 7.89. The molecule has 1 unspecified atom stereocenters. The van der Waals surface area contributed by atoms with E-state index in [0.29, 0.717) is 6.54 Å². The smallest absolute Gasteiger partial charge is 0.210 e. The Balaban J connectivity index is 2.24. The summed E-state index contributed by atoms with van der Waals surface area (Å²) in [6, 6.07) is 7.31. The minimum atomic E-state index is -3.38. The largest absolute Gasteiger partial charge is 0.508 e. The van der Waals surface area contributed by atoms with Crippen LogP contribution in [-0.2, 0) is 16.4 Å².